The van der Waals surface area contributed by atoms with E-state index in [9.17, 15) is 14.3 Å². The first-order valence-corrected chi connectivity index (χ1v) is 7.21. The maximum absolute atomic E-state index is 14.1. The zero-order valence-electron chi connectivity index (χ0n) is 13.3. The zero-order chi connectivity index (χ0) is 16.5. The van der Waals surface area contributed by atoms with Crippen LogP contribution in [0.3, 0.4) is 0 Å². The fraction of sp³-hybridized carbons (Fsp3) is 0.562. The molecule has 6 heteroatoms. The van der Waals surface area contributed by atoms with Crippen molar-refractivity contribution in [2.75, 3.05) is 20.2 Å². The van der Waals surface area contributed by atoms with E-state index in [1.807, 2.05) is 0 Å². The average molecular weight is 311 g/mol. The molecule has 1 amide bonds. The summed E-state index contributed by atoms with van der Waals surface area (Å²) in [6, 6.07) is 4.55. The van der Waals surface area contributed by atoms with Crippen molar-refractivity contribution in [3.8, 4) is 0 Å². The van der Waals surface area contributed by atoms with Crippen molar-refractivity contribution >= 4 is 6.09 Å². The van der Waals surface area contributed by atoms with E-state index in [4.69, 9.17) is 9.47 Å². The highest BCUT2D eigenvalue weighted by Crippen LogP contribution is 2.34. The Labute approximate surface area is 129 Å². The number of hydrogen-bond acceptors (Lipinski definition) is 4. The number of halogens is 1. The molecular formula is C16H22FNO4. The summed E-state index contributed by atoms with van der Waals surface area (Å²) in [6.45, 7) is 5.56. The summed E-state index contributed by atoms with van der Waals surface area (Å²) in [5, 5.41) is 9.90. The zero-order valence-corrected chi connectivity index (χ0v) is 13.3. The molecule has 122 valence electrons. The summed E-state index contributed by atoms with van der Waals surface area (Å²) in [7, 11) is 1.57. The molecule has 2 atom stereocenters. The molecule has 0 aromatic heterocycles. The summed E-state index contributed by atoms with van der Waals surface area (Å²) < 4.78 is 24.9. The highest BCUT2D eigenvalue weighted by molar-refractivity contribution is 5.67. The predicted octanol–water partition coefficient (Wildman–Crippen LogP) is 2.80. The number of ether oxygens (including phenoxy) is 2. The fourth-order valence-electron chi connectivity index (χ4n) is 2.37. The molecule has 0 saturated heterocycles. The van der Waals surface area contributed by atoms with Gasteiger partial charge in [0.25, 0.3) is 0 Å². The van der Waals surface area contributed by atoms with Gasteiger partial charge in [0.1, 0.15) is 23.6 Å². The van der Waals surface area contributed by atoms with Crippen molar-refractivity contribution < 1.29 is 23.8 Å². The van der Waals surface area contributed by atoms with Crippen molar-refractivity contribution in [1.82, 2.24) is 4.90 Å². The van der Waals surface area contributed by atoms with Crippen molar-refractivity contribution in [2.45, 2.75) is 38.6 Å². The van der Waals surface area contributed by atoms with Gasteiger partial charge in [0.15, 0.2) is 0 Å². The Hall–Kier alpha value is -1.66. The Balaban J connectivity index is 2.15. The van der Waals surface area contributed by atoms with Crippen LogP contribution in [-0.4, -0.2) is 41.9 Å². The monoisotopic (exact) mass is 311 g/mol. The van der Waals surface area contributed by atoms with Crippen molar-refractivity contribution in [3.63, 3.8) is 0 Å². The second-order valence-corrected chi connectivity index (χ2v) is 6.44. The average Bonchev–Trinajstić information content (AvgIpc) is 2.40. The standard InChI is InChI=1S/C16H22FNO4/c1-16(2,3)22-15(20)18(4)8-13-14-10(12(19)9-21-13)6-5-7-11(14)17/h5-7,12-13,19H,8-9H2,1-4H3/t12-,13-/m0/s1. The molecule has 1 aliphatic heterocycles. The van der Waals surface area contributed by atoms with Gasteiger partial charge in [-0.25, -0.2) is 9.18 Å². The SMILES string of the molecule is CN(C[C@@H]1OC[C@H](O)c2cccc(F)c21)C(=O)OC(C)(C)C. The number of likely N-dealkylation sites (N-methyl/N-ethyl adjacent to an activating group) is 1. The third kappa shape index (κ3) is 3.75. The van der Waals surface area contributed by atoms with Crippen LogP contribution < -0.4 is 0 Å². The largest absolute Gasteiger partial charge is 0.444 e. The van der Waals surface area contributed by atoms with Crippen LogP contribution in [0.2, 0.25) is 0 Å². The van der Waals surface area contributed by atoms with E-state index in [0.29, 0.717) is 11.1 Å². The van der Waals surface area contributed by atoms with Gasteiger partial charge < -0.3 is 19.5 Å². The summed E-state index contributed by atoms with van der Waals surface area (Å²) in [6.07, 6.45) is -1.98. The number of amides is 1. The predicted molar refractivity (Wildman–Crippen MR) is 78.9 cm³/mol. The van der Waals surface area contributed by atoms with Crippen LogP contribution >= 0.6 is 0 Å². The minimum atomic E-state index is -0.853. The molecular weight excluding hydrogens is 289 g/mol. The third-order valence-corrected chi connectivity index (χ3v) is 3.37. The van der Waals surface area contributed by atoms with Crippen LogP contribution in [0.4, 0.5) is 9.18 Å². The molecule has 0 unspecified atom stereocenters. The summed E-state index contributed by atoms with van der Waals surface area (Å²) in [5.41, 5.74) is 0.212. The normalized spacial score (nSPS) is 21.2. The summed E-state index contributed by atoms with van der Waals surface area (Å²) in [5.74, 6) is -0.446. The smallest absolute Gasteiger partial charge is 0.410 e. The molecule has 1 aliphatic rings. The minimum absolute atomic E-state index is 0.0727. The van der Waals surface area contributed by atoms with Gasteiger partial charge in [-0.05, 0) is 32.4 Å². The third-order valence-electron chi connectivity index (χ3n) is 3.37. The molecule has 22 heavy (non-hydrogen) atoms. The van der Waals surface area contributed by atoms with Gasteiger partial charge in [0, 0.05) is 12.6 Å². The van der Waals surface area contributed by atoms with Crippen LogP contribution in [-0.2, 0) is 9.47 Å². The van der Waals surface area contributed by atoms with Crippen LogP contribution in [0, 0.1) is 5.82 Å². The van der Waals surface area contributed by atoms with Crippen molar-refractivity contribution in [2.24, 2.45) is 0 Å². The maximum Gasteiger partial charge on any atom is 0.410 e. The van der Waals surface area contributed by atoms with Gasteiger partial charge in [-0.2, -0.15) is 0 Å². The molecule has 2 rings (SSSR count). The lowest BCUT2D eigenvalue weighted by molar-refractivity contribution is -0.0458. The highest BCUT2D eigenvalue weighted by atomic mass is 19.1. The van der Waals surface area contributed by atoms with Gasteiger partial charge in [-0.3, -0.25) is 0 Å². The number of benzene rings is 1. The molecule has 0 bridgehead atoms. The Morgan fingerprint density at radius 2 is 2.18 bits per heavy atom. The highest BCUT2D eigenvalue weighted by Gasteiger charge is 2.31. The molecule has 0 radical (unpaired) electrons. The fourth-order valence-corrected chi connectivity index (χ4v) is 2.37. The second kappa shape index (κ2) is 6.22. The van der Waals surface area contributed by atoms with Gasteiger partial charge in [0.2, 0.25) is 0 Å². The first-order valence-electron chi connectivity index (χ1n) is 7.21. The van der Waals surface area contributed by atoms with Crippen LogP contribution in [0.1, 0.15) is 44.1 Å². The van der Waals surface area contributed by atoms with E-state index >= 15 is 0 Å². The second-order valence-electron chi connectivity index (χ2n) is 6.44. The quantitative estimate of drug-likeness (QED) is 0.912. The van der Waals surface area contributed by atoms with E-state index < -0.39 is 29.7 Å². The molecule has 1 heterocycles. The van der Waals surface area contributed by atoms with Crippen molar-refractivity contribution in [3.05, 3.63) is 35.1 Å². The lowest BCUT2D eigenvalue weighted by Crippen LogP contribution is -2.38. The van der Waals surface area contributed by atoms with E-state index in [-0.39, 0.29) is 13.2 Å². The number of nitrogens with zero attached hydrogens (tertiary/aromatic N) is 1. The minimum Gasteiger partial charge on any atom is -0.444 e. The van der Waals surface area contributed by atoms with Crippen LogP contribution in [0.25, 0.3) is 0 Å². The molecule has 1 aromatic carbocycles. The van der Waals surface area contributed by atoms with Gasteiger partial charge in [0.05, 0.1) is 13.2 Å². The number of carbonyl (C=O) groups excluding carboxylic acids is 1. The van der Waals surface area contributed by atoms with Crippen LogP contribution in [0.15, 0.2) is 18.2 Å². The molecule has 0 aliphatic carbocycles. The van der Waals surface area contributed by atoms with E-state index in [1.165, 1.54) is 11.0 Å². The Bertz CT molecular complexity index is 556. The Morgan fingerprint density at radius 3 is 2.82 bits per heavy atom. The lowest BCUT2D eigenvalue weighted by Gasteiger charge is -2.33. The molecule has 0 saturated carbocycles. The number of carbonyl (C=O) groups is 1. The molecule has 0 fully saturated rings. The van der Waals surface area contributed by atoms with E-state index in [2.05, 4.69) is 0 Å². The number of rotatable bonds is 2. The maximum atomic E-state index is 14.1. The number of fused-ring (bicyclic) bond motifs is 1. The number of aliphatic hydroxyl groups is 1. The molecule has 0 spiro atoms. The number of aliphatic hydroxyl groups excluding tert-OH is 1. The number of hydrogen-bond donors (Lipinski definition) is 1. The molecule has 1 N–H and O–H groups in total. The van der Waals surface area contributed by atoms with Crippen LogP contribution in [0.5, 0.6) is 0 Å². The summed E-state index contributed by atoms with van der Waals surface area (Å²) in [4.78, 5) is 13.3. The van der Waals surface area contributed by atoms with Crippen molar-refractivity contribution in [1.29, 1.82) is 0 Å². The first-order chi connectivity index (χ1) is 10.2. The Morgan fingerprint density at radius 1 is 1.50 bits per heavy atom. The lowest BCUT2D eigenvalue weighted by atomic mass is 9.95. The van der Waals surface area contributed by atoms with E-state index in [1.54, 1.807) is 40.0 Å². The first kappa shape index (κ1) is 16.7. The van der Waals surface area contributed by atoms with Gasteiger partial charge in [-0.1, -0.05) is 12.1 Å². The van der Waals surface area contributed by atoms with E-state index in [0.717, 1.165) is 0 Å². The summed E-state index contributed by atoms with van der Waals surface area (Å²) >= 11 is 0. The molecule has 1 aromatic rings. The Kier molecular flexibility index (Phi) is 4.72. The molecule has 5 nitrogen and oxygen atoms in total. The van der Waals surface area contributed by atoms with Gasteiger partial charge >= 0.3 is 6.09 Å². The topological polar surface area (TPSA) is 59.0 Å². The van der Waals surface area contributed by atoms with Gasteiger partial charge in [-0.15, -0.1) is 0 Å².